The van der Waals surface area contributed by atoms with Gasteiger partial charge in [-0.05, 0) is 54.9 Å². The van der Waals surface area contributed by atoms with Crippen LogP contribution in [0.15, 0.2) is 47.7 Å². The van der Waals surface area contributed by atoms with Crippen molar-refractivity contribution in [2.75, 3.05) is 0 Å². The molecule has 0 spiro atoms. The molecule has 2 aromatic rings. The highest BCUT2D eigenvalue weighted by molar-refractivity contribution is 6.29. The zero-order chi connectivity index (χ0) is 17.4. The average molecular weight is 353 g/mol. The fraction of sp³-hybridized carbons (Fsp3) is 0.368. The first-order valence-corrected chi connectivity index (χ1v) is 8.76. The number of rotatable bonds is 4. The molecule has 2 atom stereocenters. The van der Waals surface area contributed by atoms with Gasteiger partial charge < -0.3 is 4.57 Å². The second kappa shape index (κ2) is 6.12. The van der Waals surface area contributed by atoms with Gasteiger partial charge in [0.05, 0.1) is 12.6 Å². The minimum Gasteiger partial charge on any atom is -0.328 e. The summed E-state index contributed by atoms with van der Waals surface area (Å²) in [5.74, 6) is 0.439. The molecule has 0 bridgehead atoms. The molecule has 126 valence electrons. The Kier molecular flexibility index (Phi) is 3.93. The minimum absolute atomic E-state index is 0.200. The van der Waals surface area contributed by atoms with Crippen LogP contribution in [-0.2, 0) is 11.3 Å². The van der Waals surface area contributed by atoms with Crippen LogP contribution in [0.1, 0.15) is 24.8 Å². The van der Waals surface area contributed by atoms with Crippen molar-refractivity contribution in [2.24, 2.45) is 22.2 Å². The van der Waals surface area contributed by atoms with Gasteiger partial charge in [-0.15, -0.1) is 0 Å². The van der Waals surface area contributed by atoms with E-state index in [-0.39, 0.29) is 11.8 Å². The first kappa shape index (κ1) is 16.0. The van der Waals surface area contributed by atoms with Crippen LogP contribution in [0.2, 0.25) is 5.15 Å². The fourth-order valence-electron chi connectivity index (χ4n) is 3.38. The van der Waals surface area contributed by atoms with E-state index in [4.69, 9.17) is 11.6 Å². The third kappa shape index (κ3) is 3.10. The number of hydrogen-bond acceptors (Lipinski definition) is 3. The lowest BCUT2D eigenvalue weighted by Gasteiger charge is -2.08. The monoisotopic (exact) mass is 352 g/mol. The quantitative estimate of drug-likeness (QED) is 0.794. The predicted octanol–water partition coefficient (Wildman–Crippen LogP) is 2.95. The van der Waals surface area contributed by atoms with Crippen LogP contribution < -0.4 is 5.49 Å². The molecule has 2 saturated carbocycles. The van der Waals surface area contributed by atoms with E-state index >= 15 is 0 Å². The first-order chi connectivity index (χ1) is 12.1. The molecule has 25 heavy (non-hydrogen) atoms. The molecular weight excluding hydrogens is 336 g/mol. The summed E-state index contributed by atoms with van der Waals surface area (Å²) in [4.78, 5) is 21.1. The summed E-state index contributed by atoms with van der Waals surface area (Å²) in [5.41, 5.74) is 0.622. The van der Waals surface area contributed by atoms with Crippen molar-refractivity contribution in [3.05, 3.63) is 58.9 Å². The number of amides is 1. The smallest absolute Gasteiger partial charge is 0.268 e. The zero-order valence-corrected chi connectivity index (χ0v) is 14.4. The SMILES string of the molecule is N#CC1(C(=O)N=c2ccccn2Cc2ccc(Cl)nc2)CC1C1CC1. The van der Waals surface area contributed by atoms with Crippen LogP contribution in [0, 0.1) is 28.6 Å². The van der Waals surface area contributed by atoms with E-state index in [1.165, 1.54) is 0 Å². The number of nitrogens with zero attached hydrogens (tertiary/aromatic N) is 4. The summed E-state index contributed by atoms with van der Waals surface area (Å²) in [6.07, 6.45) is 6.50. The molecule has 4 rings (SSSR count). The molecule has 2 aliphatic carbocycles. The lowest BCUT2D eigenvalue weighted by Crippen LogP contribution is -2.25. The molecular formula is C19H17ClN4O. The molecule has 2 aromatic heterocycles. The number of pyridine rings is 2. The van der Waals surface area contributed by atoms with Crippen LogP contribution in [0.25, 0.3) is 0 Å². The van der Waals surface area contributed by atoms with Gasteiger partial charge in [0.1, 0.15) is 16.1 Å². The zero-order valence-electron chi connectivity index (χ0n) is 13.6. The van der Waals surface area contributed by atoms with Gasteiger partial charge in [0.2, 0.25) is 0 Å². The highest BCUT2D eigenvalue weighted by Gasteiger charge is 2.65. The number of nitriles is 1. The number of hydrogen-bond donors (Lipinski definition) is 0. The Bertz CT molecular complexity index is 923. The number of carbonyl (C=O) groups is 1. The number of halogens is 1. The van der Waals surface area contributed by atoms with Crippen LogP contribution in [0.5, 0.6) is 0 Å². The first-order valence-electron chi connectivity index (χ1n) is 8.39. The van der Waals surface area contributed by atoms with Gasteiger partial charge in [0.15, 0.2) is 0 Å². The van der Waals surface area contributed by atoms with E-state index in [2.05, 4.69) is 16.0 Å². The highest BCUT2D eigenvalue weighted by Crippen LogP contribution is 2.63. The molecule has 2 heterocycles. The molecule has 0 aliphatic heterocycles. The van der Waals surface area contributed by atoms with Crippen LogP contribution >= 0.6 is 11.6 Å². The normalized spacial score (nSPS) is 25.4. The van der Waals surface area contributed by atoms with Gasteiger partial charge in [-0.3, -0.25) is 4.79 Å². The van der Waals surface area contributed by atoms with Crippen molar-refractivity contribution < 1.29 is 4.79 Å². The molecule has 1 amide bonds. The summed E-state index contributed by atoms with van der Waals surface area (Å²) < 4.78 is 1.88. The van der Waals surface area contributed by atoms with E-state index < -0.39 is 5.41 Å². The minimum atomic E-state index is -0.892. The highest BCUT2D eigenvalue weighted by atomic mass is 35.5. The Morgan fingerprint density at radius 1 is 1.40 bits per heavy atom. The van der Waals surface area contributed by atoms with E-state index in [9.17, 15) is 10.1 Å². The second-order valence-corrected chi connectivity index (χ2v) is 7.21. The molecule has 5 nitrogen and oxygen atoms in total. The molecule has 6 heteroatoms. The Balaban J connectivity index is 1.62. The van der Waals surface area contributed by atoms with E-state index in [0.29, 0.717) is 29.5 Å². The van der Waals surface area contributed by atoms with Crippen LogP contribution in [0.3, 0.4) is 0 Å². The van der Waals surface area contributed by atoms with Crippen molar-refractivity contribution >= 4 is 17.5 Å². The maximum atomic E-state index is 12.7. The molecule has 2 aliphatic rings. The summed E-state index contributed by atoms with van der Waals surface area (Å²) >= 11 is 5.82. The van der Waals surface area contributed by atoms with Gasteiger partial charge in [0.25, 0.3) is 5.91 Å². The Hall–Kier alpha value is -2.45. The van der Waals surface area contributed by atoms with Crippen molar-refractivity contribution in [1.82, 2.24) is 9.55 Å². The molecule has 2 fully saturated rings. The third-order valence-electron chi connectivity index (χ3n) is 5.06. The topological polar surface area (TPSA) is 71.0 Å². The third-order valence-corrected chi connectivity index (χ3v) is 5.28. The van der Waals surface area contributed by atoms with Crippen LogP contribution in [0.4, 0.5) is 0 Å². The predicted molar refractivity (Wildman–Crippen MR) is 92.2 cm³/mol. The maximum Gasteiger partial charge on any atom is 0.268 e. The molecule has 0 aromatic carbocycles. The average Bonchev–Trinajstić information content (AvgIpc) is 3.51. The maximum absolute atomic E-state index is 12.7. The lowest BCUT2D eigenvalue weighted by atomic mass is 10.0. The van der Waals surface area contributed by atoms with E-state index in [1.807, 2.05) is 29.0 Å². The van der Waals surface area contributed by atoms with Crippen molar-refractivity contribution in [2.45, 2.75) is 25.8 Å². The van der Waals surface area contributed by atoms with Crippen molar-refractivity contribution in [3.63, 3.8) is 0 Å². The van der Waals surface area contributed by atoms with Crippen molar-refractivity contribution in [3.8, 4) is 6.07 Å². The Morgan fingerprint density at radius 3 is 2.92 bits per heavy atom. The summed E-state index contributed by atoms with van der Waals surface area (Å²) in [6.45, 7) is 0.530. The van der Waals surface area contributed by atoms with Gasteiger partial charge in [-0.2, -0.15) is 10.3 Å². The standard InChI is InChI=1S/C19H17ClN4O/c20-16-7-4-13(10-22-16)11-24-8-2-1-3-17(24)23-18(25)19(12-21)9-15(19)14-5-6-14/h1-4,7-8,10,14-15H,5-6,9,11H2. The van der Waals surface area contributed by atoms with Crippen molar-refractivity contribution in [1.29, 1.82) is 5.26 Å². The molecule has 0 N–H and O–H groups in total. The van der Waals surface area contributed by atoms with Crippen LogP contribution in [-0.4, -0.2) is 15.5 Å². The summed E-state index contributed by atoms with van der Waals surface area (Å²) in [7, 11) is 0. The Morgan fingerprint density at radius 2 is 2.24 bits per heavy atom. The van der Waals surface area contributed by atoms with Gasteiger partial charge in [-0.25, -0.2) is 4.98 Å². The molecule has 2 unspecified atom stereocenters. The second-order valence-electron chi connectivity index (χ2n) is 6.82. The van der Waals surface area contributed by atoms with E-state index in [1.54, 1.807) is 18.3 Å². The Labute approximate surface area is 150 Å². The summed E-state index contributed by atoms with van der Waals surface area (Å²) in [6, 6.07) is 11.4. The number of aromatic nitrogens is 2. The summed E-state index contributed by atoms with van der Waals surface area (Å²) in [5, 5.41) is 9.97. The van der Waals surface area contributed by atoms with Gasteiger partial charge in [-0.1, -0.05) is 23.7 Å². The molecule has 0 saturated heterocycles. The van der Waals surface area contributed by atoms with E-state index in [0.717, 1.165) is 18.4 Å². The van der Waals surface area contributed by atoms with Gasteiger partial charge >= 0.3 is 0 Å². The lowest BCUT2D eigenvalue weighted by molar-refractivity contribution is -0.121. The number of carbonyl (C=O) groups excluding carboxylic acids is 1. The largest absolute Gasteiger partial charge is 0.328 e. The van der Waals surface area contributed by atoms with Gasteiger partial charge in [0, 0.05) is 12.4 Å². The fourth-order valence-corrected chi connectivity index (χ4v) is 3.49. The molecule has 0 radical (unpaired) electrons.